The number of fused-ring (bicyclic) bond motifs is 2. The molecule has 0 amide bonds. The van der Waals surface area contributed by atoms with Crippen molar-refractivity contribution in [2.24, 2.45) is 0 Å². The van der Waals surface area contributed by atoms with Crippen molar-refractivity contribution in [3.63, 3.8) is 0 Å². The quantitative estimate of drug-likeness (QED) is 0.345. The van der Waals surface area contributed by atoms with Gasteiger partial charge in [-0.2, -0.15) is 9.05 Å². The van der Waals surface area contributed by atoms with Crippen molar-refractivity contribution >= 4 is 32.1 Å². The van der Waals surface area contributed by atoms with Gasteiger partial charge in [0.1, 0.15) is 18.8 Å². The third kappa shape index (κ3) is 2.41. The lowest BCUT2D eigenvalue weighted by Gasteiger charge is -2.27. The van der Waals surface area contributed by atoms with Crippen LogP contribution >= 0.6 is 7.82 Å². The summed E-state index contributed by atoms with van der Waals surface area (Å²) in [7, 11) is 1.99. The minimum absolute atomic E-state index is 0.0220. The van der Waals surface area contributed by atoms with Crippen LogP contribution in [-0.2, 0) is 13.8 Å². The molecule has 0 saturated carbocycles. The minimum Gasteiger partial charge on any atom is -0.385 e. The van der Waals surface area contributed by atoms with Crippen LogP contribution in [0.5, 0.6) is 0 Å². The van der Waals surface area contributed by atoms with E-state index < -0.39 is 37.3 Å². The van der Waals surface area contributed by atoms with Gasteiger partial charge in [-0.05, 0) is 6.07 Å². The highest BCUT2D eigenvalue weighted by molar-refractivity contribution is 7.85. The van der Waals surface area contributed by atoms with E-state index in [0.717, 1.165) is 0 Å². The normalized spacial score (nSPS) is 35.9. The topological polar surface area (TPSA) is 129 Å². The van der Waals surface area contributed by atoms with Crippen LogP contribution in [0.25, 0.3) is 11.0 Å². The van der Waals surface area contributed by atoms with E-state index in [0.29, 0.717) is 5.52 Å². The van der Waals surface area contributed by atoms with Gasteiger partial charge in [-0.1, -0.05) is 6.07 Å². The van der Waals surface area contributed by atoms with E-state index in [-0.39, 0.29) is 17.8 Å². The van der Waals surface area contributed by atoms with Crippen molar-refractivity contribution in [1.29, 1.82) is 0 Å². The maximum absolute atomic E-state index is 11.1. The molecule has 1 aromatic carbocycles. The molecule has 12 heteroatoms. The zero-order chi connectivity index (χ0) is 17.1. The highest BCUT2D eigenvalue weighted by Crippen LogP contribution is 2.58. The number of para-hydroxylation sites is 1. The molecule has 24 heavy (non-hydrogen) atoms. The molecule has 0 aliphatic carbocycles. The molecule has 2 aliphatic heterocycles. The summed E-state index contributed by atoms with van der Waals surface area (Å²) in [5, 5.41) is 21.6. The second kappa shape index (κ2) is 5.45. The van der Waals surface area contributed by atoms with Crippen LogP contribution < -0.4 is 0 Å². The summed E-state index contributed by atoms with van der Waals surface area (Å²) < 4.78 is 17.4. The van der Waals surface area contributed by atoms with Crippen LogP contribution in [0.3, 0.4) is 0 Å². The first kappa shape index (κ1) is 15.9. The molecule has 2 fully saturated rings. The van der Waals surface area contributed by atoms with Crippen LogP contribution in [0.1, 0.15) is 6.23 Å². The summed E-state index contributed by atoms with van der Waals surface area (Å²) in [5.74, 6) is 0. The Balaban J connectivity index is 1.71. The monoisotopic (exact) mass is 352 g/mol. The predicted molar refractivity (Wildman–Crippen MR) is 82.0 cm³/mol. The van der Waals surface area contributed by atoms with Crippen LogP contribution in [-0.4, -0.2) is 57.0 Å². The Morgan fingerprint density at radius 2 is 2.29 bits per heavy atom. The fourth-order valence-electron chi connectivity index (χ4n) is 2.99. The number of rotatable bonds is 2. The number of nitro groups is 1. The Morgan fingerprint density at radius 3 is 3.04 bits per heavy atom. The van der Waals surface area contributed by atoms with Gasteiger partial charge in [0.25, 0.3) is 5.69 Å². The SMILES string of the molecule is [B][P+]1(O)OC[C@H]2O[C@@H](n3cnc4c([N+](=O)[O-])cccc43)[C@@H](O)[C@H]2O1. The maximum Gasteiger partial charge on any atom is 0.488 e. The number of hydrogen-bond donors (Lipinski definition) is 2. The summed E-state index contributed by atoms with van der Waals surface area (Å²) >= 11 is 0. The zero-order valence-corrected chi connectivity index (χ0v) is 13.0. The highest BCUT2D eigenvalue weighted by atomic mass is 31.2. The van der Waals surface area contributed by atoms with Crippen molar-refractivity contribution < 1.29 is 28.7 Å². The fourth-order valence-corrected chi connectivity index (χ4v) is 4.02. The van der Waals surface area contributed by atoms with Gasteiger partial charge in [0.05, 0.1) is 16.8 Å². The standard InChI is InChI=1S/C12H12BN3O7P/c13-24(20)21-4-8-11(23-24)10(17)12(22-8)15-5-14-9-6(15)2-1-3-7(9)16(18)19/h1-3,5,8,10-12,17,20H,4H2/q+1/t8-,10+,11+,12-,24?/m1/s1. The number of benzene rings is 1. The van der Waals surface area contributed by atoms with Crippen molar-refractivity contribution in [3.8, 4) is 0 Å². The molecule has 1 aromatic heterocycles. The second-order valence-electron chi connectivity index (χ2n) is 5.54. The third-order valence-corrected chi connectivity index (χ3v) is 5.12. The number of aromatic nitrogens is 2. The molecule has 10 nitrogen and oxygen atoms in total. The third-order valence-electron chi connectivity index (χ3n) is 4.06. The van der Waals surface area contributed by atoms with Gasteiger partial charge >= 0.3 is 15.4 Å². The summed E-state index contributed by atoms with van der Waals surface area (Å²) in [5.41, 5.74) is 0.483. The van der Waals surface area contributed by atoms with E-state index in [9.17, 15) is 20.1 Å². The number of aliphatic hydroxyl groups is 1. The number of imidazole rings is 1. The average molecular weight is 352 g/mol. The van der Waals surface area contributed by atoms with Crippen LogP contribution in [0, 0.1) is 10.1 Å². The molecule has 1 unspecified atom stereocenters. The molecular weight excluding hydrogens is 340 g/mol. The summed E-state index contributed by atoms with van der Waals surface area (Å²) in [4.78, 5) is 24.3. The van der Waals surface area contributed by atoms with E-state index >= 15 is 0 Å². The lowest BCUT2D eigenvalue weighted by Crippen LogP contribution is -2.40. The van der Waals surface area contributed by atoms with Gasteiger partial charge in [0.2, 0.25) is 0 Å². The summed E-state index contributed by atoms with van der Waals surface area (Å²) in [6.07, 6.45) is -2.17. The smallest absolute Gasteiger partial charge is 0.385 e. The van der Waals surface area contributed by atoms with E-state index in [2.05, 4.69) is 4.98 Å². The predicted octanol–water partition coefficient (Wildman–Crippen LogP) is 0.457. The summed E-state index contributed by atoms with van der Waals surface area (Å²) in [6, 6.07) is 4.51. The van der Waals surface area contributed by atoms with E-state index in [1.54, 1.807) is 6.07 Å². The van der Waals surface area contributed by atoms with Crippen molar-refractivity contribution in [1.82, 2.24) is 9.55 Å². The number of ether oxygens (including phenoxy) is 1. The fraction of sp³-hybridized carbons (Fsp3) is 0.417. The molecule has 5 atom stereocenters. The molecule has 3 heterocycles. The molecular formula is C12H12BN3O7P+. The Labute approximate surface area is 137 Å². The first-order valence-electron chi connectivity index (χ1n) is 7.04. The zero-order valence-electron chi connectivity index (χ0n) is 12.1. The number of non-ortho nitro benzene ring substituents is 1. The molecule has 0 bridgehead atoms. The molecule has 2 radical (unpaired) electrons. The van der Waals surface area contributed by atoms with Crippen LogP contribution in [0.2, 0.25) is 0 Å². The van der Waals surface area contributed by atoms with Gasteiger partial charge in [-0.3, -0.25) is 10.1 Å². The molecule has 4 rings (SSSR count). The average Bonchev–Trinajstić information content (AvgIpc) is 3.08. The van der Waals surface area contributed by atoms with Gasteiger partial charge < -0.3 is 14.4 Å². The first-order chi connectivity index (χ1) is 11.4. The molecule has 2 saturated heterocycles. The Kier molecular flexibility index (Phi) is 3.61. The van der Waals surface area contributed by atoms with Gasteiger partial charge in [0, 0.05) is 6.07 Å². The van der Waals surface area contributed by atoms with E-state index in [1.165, 1.54) is 23.0 Å². The Hall–Kier alpha value is -1.62. The number of nitrogens with zero attached hydrogens (tertiary/aromatic N) is 3. The van der Waals surface area contributed by atoms with E-state index in [1.807, 2.05) is 0 Å². The van der Waals surface area contributed by atoms with E-state index in [4.69, 9.17) is 21.4 Å². The number of hydrogen-bond acceptors (Lipinski definition) is 8. The maximum atomic E-state index is 11.1. The summed E-state index contributed by atoms with van der Waals surface area (Å²) in [6.45, 7) is -0.0220. The van der Waals surface area contributed by atoms with Crippen molar-refractivity contribution in [2.75, 3.05) is 6.61 Å². The molecule has 2 aliphatic rings. The lowest BCUT2D eigenvalue weighted by atomic mass is 10.1. The largest absolute Gasteiger partial charge is 0.488 e. The first-order valence-corrected chi connectivity index (χ1v) is 8.69. The van der Waals surface area contributed by atoms with Crippen molar-refractivity contribution in [3.05, 3.63) is 34.6 Å². The van der Waals surface area contributed by atoms with Gasteiger partial charge in [0.15, 0.2) is 17.8 Å². The molecule has 2 aromatic rings. The minimum atomic E-state index is -3.47. The highest BCUT2D eigenvalue weighted by Gasteiger charge is 2.56. The molecule has 124 valence electrons. The van der Waals surface area contributed by atoms with Gasteiger partial charge in [-0.25, -0.2) is 9.88 Å². The second-order valence-corrected chi connectivity index (χ2v) is 7.14. The molecule has 0 spiro atoms. The van der Waals surface area contributed by atoms with Crippen LogP contribution in [0.4, 0.5) is 5.69 Å². The number of aliphatic hydroxyl groups excluding tert-OH is 1. The lowest BCUT2D eigenvalue weighted by molar-refractivity contribution is -0.383. The number of nitro benzene ring substituents is 1. The van der Waals surface area contributed by atoms with Crippen molar-refractivity contribution in [2.45, 2.75) is 24.5 Å². The van der Waals surface area contributed by atoms with Gasteiger partial charge in [-0.15, -0.1) is 0 Å². The molecule has 2 N–H and O–H groups in total. The van der Waals surface area contributed by atoms with Crippen LogP contribution in [0.15, 0.2) is 24.5 Å². The Morgan fingerprint density at radius 1 is 1.50 bits per heavy atom. The Bertz CT molecular complexity index is 815.